The molecule has 130 valence electrons. The van der Waals surface area contributed by atoms with Crippen LogP contribution < -0.4 is 16.5 Å². The number of fused-ring (bicyclic) bond motifs is 1. The number of carboxylic acid groups (broad SMARTS) is 1. The molecule has 0 radical (unpaired) electrons. The zero-order valence-corrected chi connectivity index (χ0v) is 14.1. The van der Waals surface area contributed by atoms with Gasteiger partial charge in [-0.2, -0.15) is 0 Å². The standard InChI is InChI=1S/C17H13ClN6O2/c18-12-6-11-3-9(4-13-7-10(17(25)26)1-2-19-13)5-14(15(11)20-8-12)16-21-23-24-22-16/h1-3,5-8,23-24H,4H2,(H,21,22)(H,25,26). The summed E-state index contributed by atoms with van der Waals surface area (Å²) < 4.78 is 0. The molecule has 0 fully saturated rings. The largest absolute Gasteiger partial charge is 0.478 e. The van der Waals surface area contributed by atoms with Gasteiger partial charge in [-0.05, 0) is 35.9 Å². The number of carbonyl (C=O) groups is 1. The Morgan fingerprint density at radius 3 is 2.85 bits per heavy atom. The van der Waals surface area contributed by atoms with Crippen LogP contribution in [0, 0.1) is 0 Å². The lowest BCUT2D eigenvalue weighted by atomic mass is 10.0. The third kappa shape index (κ3) is 3.15. The number of hydrazine groups is 2. The minimum atomic E-state index is -0.981. The molecule has 1 aliphatic rings. The number of halogens is 1. The summed E-state index contributed by atoms with van der Waals surface area (Å²) >= 11 is 6.09. The highest BCUT2D eigenvalue weighted by Crippen LogP contribution is 2.24. The zero-order valence-electron chi connectivity index (χ0n) is 13.3. The maximum absolute atomic E-state index is 11.2. The molecule has 2 aromatic heterocycles. The number of benzene rings is 1. The first-order chi connectivity index (χ1) is 12.6. The second-order valence-electron chi connectivity index (χ2n) is 5.71. The van der Waals surface area contributed by atoms with E-state index in [2.05, 4.69) is 31.6 Å². The summed E-state index contributed by atoms with van der Waals surface area (Å²) in [5.74, 6) is -0.385. The molecule has 0 aliphatic carbocycles. The van der Waals surface area contributed by atoms with Crippen LogP contribution in [0.4, 0.5) is 0 Å². The van der Waals surface area contributed by atoms with Gasteiger partial charge >= 0.3 is 5.97 Å². The van der Waals surface area contributed by atoms with Crippen LogP contribution in [0.25, 0.3) is 10.9 Å². The van der Waals surface area contributed by atoms with Crippen molar-refractivity contribution in [2.24, 2.45) is 5.10 Å². The number of aromatic nitrogens is 2. The SMILES string of the molecule is O=C(O)c1ccnc(Cc2cc(C3=NNNN3)c3ncc(Cl)cc3c2)c1. The van der Waals surface area contributed by atoms with E-state index >= 15 is 0 Å². The Morgan fingerprint density at radius 2 is 2.08 bits per heavy atom. The van der Waals surface area contributed by atoms with Crippen LogP contribution in [0.2, 0.25) is 5.02 Å². The van der Waals surface area contributed by atoms with E-state index in [4.69, 9.17) is 16.7 Å². The van der Waals surface area contributed by atoms with Crippen molar-refractivity contribution in [2.45, 2.75) is 6.42 Å². The zero-order chi connectivity index (χ0) is 18.1. The first-order valence-electron chi connectivity index (χ1n) is 7.70. The summed E-state index contributed by atoms with van der Waals surface area (Å²) in [5.41, 5.74) is 11.6. The highest BCUT2D eigenvalue weighted by atomic mass is 35.5. The highest BCUT2D eigenvalue weighted by molar-refractivity contribution is 6.31. The fourth-order valence-electron chi connectivity index (χ4n) is 2.81. The van der Waals surface area contributed by atoms with Gasteiger partial charge in [-0.3, -0.25) is 15.4 Å². The molecule has 0 spiro atoms. The topological polar surface area (TPSA) is 112 Å². The van der Waals surface area contributed by atoms with Crippen molar-refractivity contribution in [1.82, 2.24) is 26.5 Å². The smallest absolute Gasteiger partial charge is 0.335 e. The Labute approximate surface area is 152 Å². The fourth-order valence-corrected chi connectivity index (χ4v) is 2.98. The van der Waals surface area contributed by atoms with Gasteiger partial charge < -0.3 is 5.11 Å². The van der Waals surface area contributed by atoms with E-state index in [0.717, 1.165) is 22.0 Å². The van der Waals surface area contributed by atoms with Crippen LogP contribution in [-0.4, -0.2) is 26.9 Å². The molecule has 4 rings (SSSR count). The maximum Gasteiger partial charge on any atom is 0.335 e. The number of amidine groups is 1. The predicted octanol–water partition coefficient (Wildman–Crippen LogP) is 1.85. The second kappa shape index (κ2) is 6.58. The number of aromatic carboxylic acids is 1. The van der Waals surface area contributed by atoms with Crippen molar-refractivity contribution in [3.63, 3.8) is 0 Å². The predicted molar refractivity (Wildman–Crippen MR) is 96.7 cm³/mol. The summed E-state index contributed by atoms with van der Waals surface area (Å²) in [6.07, 6.45) is 3.54. The van der Waals surface area contributed by atoms with E-state index in [-0.39, 0.29) is 5.56 Å². The minimum Gasteiger partial charge on any atom is -0.478 e. The average Bonchev–Trinajstić information content (AvgIpc) is 3.15. The number of nitrogens with zero attached hydrogens (tertiary/aromatic N) is 3. The minimum absolute atomic E-state index is 0.205. The van der Waals surface area contributed by atoms with Gasteiger partial charge in [0.1, 0.15) is 0 Å². The summed E-state index contributed by atoms with van der Waals surface area (Å²) in [6, 6.07) is 8.77. The van der Waals surface area contributed by atoms with Gasteiger partial charge in [0.15, 0.2) is 5.84 Å². The van der Waals surface area contributed by atoms with Crippen LogP contribution in [0.3, 0.4) is 0 Å². The van der Waals surface area contributed by atoms with Crippen molar-refractivity contribution < 1.29 is 9.90 Å². The summed E-state index contributed by atoms with van der Waals surface area (Å²) in [5, 5.41) is 14.7. The third-order valence-electron chi connectivity index (χ3n) is 3.92. The monoisotopic (exact) mass is 368 g/mol. The quantitative estimate of drug-likeness (QED) is 0.556. The second-order valence-corrected chi connectivity index (χ2v) is 6.15. The van der Waals surface area contributed by atoms with Gasteiger partial charge in [0.2, 0.25) is 0 Å². The molecule has 0 saturated carbocycles. The van der Waals surface area contributed by atoms with Gasteiger partial charge in [-0.15, -0.1) is 10.6 Å². The van der Waals surface area contributed by atoms with Crippen molar-refractivity contribution >= 4 is 34.3 Å². The molecule has 3 aromatic rings. The van der Waals surface area contributed by atoms with Crippen LogP contribution in [0.15, 0.2) is 47.8 Å². The van der Waals surface area contributed by atoms with E-state index in [1.54, 1.807) is 12.3 Å². The molecule has 0 amide bonds. The van der Waals surface area contributed by atoms with Gasteiger partial charge in [0.05, 0.1) is 16.1 Å². The van der Waals surface area contributed by atoms with E-state index in [1.807, 2.05) is 18.2 Å². The molecule has 3 heterocycles. The number of carboxylic acids is 1. The molecule has 0 unspecified atom stereocenters. The number of nitrogens with one attached hydrogen (secondary N) is 3. The lowest BCUT2D eigenvalue weighted by Gasteiger charge is -2.10. The summed E-state index contributed by atoms with van der Waals surface area (Å²) in [7, 11) is 0. The third-order valence-corrected chi connectivity index (χ3v) is 4.12. The van der Waals surface area contributed by atoms with Crippen LogP contribution in [0.5, 0.6) is 0 Å². The first kappa shape index (κ1) is 16.2. The van der Waals surface area contributed by atoms with E-state index < -0.39 is 5.97 Å². The summed E-state index contributed by atoms with van der Waals surface area (Å²) in [6.45, 7) is 0. The lowest BCUT2D eigenvalue weighted by Crippen LogP contribution is -2.35. The Bertz CT molecular complexity index is 1050. The Morgan fingerprint density at radius 1 is 1.19 bits per heavy atom. The average molecular weight is 369 g/mol. The molecule has 0 atom stereocenters. The molecule has 0 saturated heterocycles. The van der Waals surface area contributed by atoms with Crippen molar-refractivity contribution in [1.29, 1.82) is 0 Å². The molecular formula is C17H13ClN6O2. The van der Waals surface area contributed by atoms with Gasteiger partial charge in [-0.1, -0.05) is 11.6 Å². The van der Waals surface area contributed by atoms with Gasteiger partial charge in [0.25, 0.3) is 0 Å². The normalized spacial score (nSPS) is 13.2. The molecule has 1 aliphatic heterocycles. The lowest BCUT2D eigenvalue weighted by molar-refractivity contribution is 0.0696. The molecule has 0 bridgehead atoms. The Balaban J connectivity index is 1.80. The Hall–Kier alpha value is -3.23. The highest BCUT2D eigenvalue weighted by Gasteiger charge is 2.15. The van der Waals surface area contributed by atoms with E-state index in [1.165, 1.54) is 12.3 Å². The Kier molecular flexibility index (Phi) is 4.11. The number of rotatable bonds is 4. The summed E-state index contributed by atoms with van der Waals surface area (Å²) in [4.78, 5) is 19.8. The maximum atomic E-state index is 11.2. The molecule has 9 heteroatoms. The molecule has 26 heavy (non-hydrogen) atoms. The molecule has 1 aromatic carbocycles. The number of hydrogen-bond donors (Lipinski definition) is 4. The van der Waals surface area contributed by atoms with Crippen LogP contribution >= 0.6 is 11.6 Å². The fraction of sp³-hybridized carbons (Fsp3) is 0.0588. The number of hydrogen-bond acceptors (Lipinski definition) is 7. The van der Waals surface area contributed by atoms with Crippen molar-refractivity contribution in [2.75, 3.05) is 0 Å². The molecule has 8 nitrogen and oxygen atoms in total. The van der Waals surface area contributed by atoms with Gasteiger partial charge in [0, 0.05) is 35.5 Å². The van der Waals surface area contributed by atoms with Crippen molar-refractivity contribution in [3.05, 3.63) is 70.1 Å². The van der Waals surface area contributed by atoms with E-state index in [0.29, 0.717) is 23.0 Å². The number of hydrazone groups is 1. The van der Waals surface area contributed by atoms with E-state index in [9.17, 15) is 4.79 Å². The van der Waals surface area contributed by atoms with Crippen LogP contribution in [0.1, 0.15) is 27.2 Å². The molecule has 4 N–H and O–H groups in total. The molecular weight excluding hydrogens is 356 g/mol. The van der Waals surface area contributed by atoms with Crippen molar-refractivity contribution in [3.8, 4) is 0 Å². The first-order valence-corrected chi connectivity index (χ1v) is 8.08. The number of pyridine rings is 2. The van der Waals surface area contributed by atoms with Crippen LogP contribution in [-0.2, 0) is 6.42 Å². The van der Waals surface area contributed by atoms with Gasteiger partial charge in [-0.25, -0.2) is 10.3 Å².